The Morgan fingerprint density at radius 1 is 0.881 bits per heavy atom. The highest BCUT2D eigenvalue weighted by molar-refractivity contribution is 5.73. The smallest absolute Gasteiger partial charge is 0.475 e. The van der Waals surface area contributed by atoms with Crippen LogP contribution in [0.15, 0.2) is 12.4 Å². The van der Waals surface area contributed by atoms with Crippen LogP contribution in [0.3, 0.4) is 0 Å². The molecular formula is C21H27F10N5O6. The molecule has 1 aromatic heterocycles. The zero-order chi connectivity index (χ0) is 33.2. The van der Waals surface area contributed by atoms with Gasteiger partial charge in [-0.15, -0.1) is 0 Å². The Kier molecular flexibility index (Phi) is 14.4. The van der Waals surface area contributed by atoms with E-state index in [-0.39, 0.29) is 5.82 Å². The van der Waals surface area contributed by atoms with E-state index < -0.39 is 36.4 Å². The van der Waals surface area contributed by atoms with Crippen LogP contribution in [0, 0.1) is 11.7 Å². The van der Waals surface area contributed by atoms with Crippen molar-refractivity contribution in [3.63, 3.8) is 0 Å². The van der Waals surface area contributed by atoms with E-state index in [2.05, 4.69) is 45.8 Å². The summed E-state index contributed by atoms with van der Waals surface area (Å²) in [6, 6.07) is 1.29. The summed E-state index contributed by atoms with van der Waals surface area (Å²) in [6.07, 6.45) is -10.4. The lowest BCUT2D eigenvalue weighted by molar-refractivity contribution is -0.193. The number of piperidine rings is 1. The lowest BCUT2D eigenvalue weighted by Crippen LogP contribution is -2.46. The minimum atomic E-state index is -5.08. The molecular weight excluding hydrogens is 608 g/mol. The lowest BCUT2D eigenvalue weighted by Gasteiger charge is -2.37. The highest BCUT2D eigenvalue weighted by atomic mass is 19.4. The van der Waals surface area contributed by atoms with Gasteiger partial charge in [-0.3, -0.25) is 4.90 Å². The molecule has 3 N–H and O–H groups in total. The fourth-order valence-electron chi connectivity index (χ4n) is 3.85. The average Bonchev–Trinajstić information content (AvgIpc) is 3.12. The fraction of sp³-hybridized carbons (Fsp3) is 0.667. The van der Waals surface area contributed by atoms with Gasteiger partial charge in [0.2, 0.25) is 5.95 Å². The number of likely N-dealkylation sites (tertiary alicyclic amines) is 1. The van der Waals surface area contributed by atoms with Crippen molar-refractivity contribution in [2.45, 2.75) is 43.5 Å². The molecule has 21 heteroatoms. The van der Waals surface area contributed by atoms with E-state index in [4.69, 9.17) is 29.7 Å². The standard InChI is InChI=1S/C15H24FN5.3C2HF3O2/c1-19(2)10-13-6-11-9-21(5-4-14(11)20(13)3)15-17-7-12(16)8-18-15;3*3-2(4,5)1(6)7/h7-8,11,13-14H,4-6,9-10H2,1-3H3;3*(H,6,7)/t11-,13+,14+;;;/m1.../s1. The van der Waals surface area contributed by atoms with Gasteiger partial charge >= 0.3 is 36.4 Å². The third kappa shape index (κ3) is 13.9. The van der Waals surface area contributed by atoms with E-state index in [9.17, 15) is 43.9 Å². The summed E-state index contributed by atoms with van der Waals surface area (Å²) in [5, 5.41) is 21.4. The highest BCUT2D eigenvalue weighted by Gasteiger charge is 2.42. The molecule has 3 heterocycles. The summed E-state index contributed by atoms with van der Waals surface area (Å²) >= 11 is 0. The Balaban J connectivity index is 0.000000660. The number of alkyl halides is 9. The summed E-state index contributed by atoms with van der Waals surface area (Å²) in [6.45, 7) is 3.03. The third-order valence-corrected chi connectivity index (χ3v) is 5.56. The van der Waals surface area contributed by atoms with Crippen molar-refractivity contribution in [1.82, 2.24) is 19.8 Å². The van der Waals surface area contributed by atoms with Crippen LogP contribution in [0.4, 0.5) is 49.9 Å². The van der Waals surface area contributed by atoms with Crippen LogP contribution in [0.2, 0.25) is 0 Å². The first-order valence-corrected chi connectivity index (χ1v) is 11.4. The maximum atomic E-state index is 12.9. The molecule has 3 rings (SSSR count). The molecule has 0 aromatic carbocycles. The van der Waals surface area contributed by atoms with Gasteiger partial charge in [0, 0.05) is 31.7 Å². The number of rotatable bonds is 3. The Hall–Kier alpha value is -3.49. The average molecular weight is 635 g/mol. The first kappa shape index (κ1) is 38.5. The number of carboxylic acid groups (broad SMARTS) is 3. The number of nitrogens with zero attached hydrogens (tertiary/aromatic N) is 5. The number of aromatic nitrogens is 2. The molecule has 1 aromatic rings. The number of carboxylic acids is 3. The van der Waals surface area contributed by atoms with Crippen LogP contribution in [-0.2, 0) is 14.4 Å². The van der Waals surface area contributed by atoms with Gasteiger partial charge in [0.05, 0.1) is 12.4 Å². The van der Waals surface area contributed by atoms with Crippen molar-refractivity contribution in [3.05, 3.63) is 18.2 Å². The normalized spacial score (nSPS) is 20.6. The molecule has 42 heavy (non-hydrogen) atoms. The van der Waals surface area contributed by atoms with E-state index >= 15 is 0 Å². The van der Waals surface area contributed by atoms with E-state index in [0.717, 1.165) is 26.1 Å². The van der Waals surface area contributed by atoms with Crippen LogP contribution < -0.4 is 4.90 Å². The first-order valence-electron chi connectivity index (χ1n) is 11.4. The maximum Gasteiger partial charge on any atom is 0.490 e. The molecule has 2 saturated heterocycles. The summed E-state index contributed by atoms with van der Waals surface area (Å²) in [5.41, 5.74) is 0. The first-order chi connectivity index (χ1) is 18.9. The molecule has 0 unspecified atom stereocenters. The van der Waals surface area contributed by atoms with Gasteiger partial charge in [-0.25, -0.2) is 28.7 Å². The fourth-order valence-corrected chi connectivity index (χ4v) is 3.85. The molecule has 0 saturated carbocycles. The molecule has 0 amide bonds. The van der Waals surface area contributed by atoms with E-state index in [1.54, 1.807) is 0 Å². The Labute approximate surface area is 231 Å². The van der Waals surface area contributed by atoms with E-state index in [0.29, 0.717) is 23.9 Å². The zero-order valence-electron chi connectivity index (χ0n) is 22.0. The minimum absolute atomic E-state index is 0.375. The molecule has 0 bridgehead atoms. The van der Waals surface area contributed by atoms with Crippen LogP contribution in [-0.4, -0.2) is 124 Å². The molecule has 242 valence electrons. The van der Waals surface area contributed by atoms with Gasteiger partial charge in [-0.05, 0) is 39.9 Å². The minimum Gasteiger partial charge on any atom is -0.475 e. The molecule has 0 spiro atoms. The number of likely N-dealkylation sites (N-methyl/N-ethyl adjacent to an activating group) is 2. The Bertz CT molecular complexity index is 964. The van der Waals surface area contributed by atoms with Crippen LogP contribution in [0.25, 0.3) is 0 Å². The molecule has 11 nitrogen and oxygen atoms in total. The number of carbonyl (C=O) groups is 3. The number of aliphatic carboxylic acids is 3. The molecule has 3 atom stereocenters. The summed E-state index contributed by atoms with van der Waals surface area (Å²) < 4.78 is 108. The molecule has 0 radical (unpaired) electrons. The maximum absolute atomic E-state index is 12.9. The van der Waals surface area contributed by atoms with Gasteiger partial charge in [0.15, 0.2) is 5.82 Å². The van der Waals surface area contributed by atoms with E-state index in [1.165, 1.54) is 18.8 Å². The molecule has 2 fully saturated rings. The second kappa shape index (κ2) is 15.7. The molecule has 0 aliphatic carbocycles. The number of fused-ring (bicyclic) bond motifs is 1. The number of hydrogen-bond acceptors (Lipinski definition) is 8. The van der Waals surface area contributed by atoms with Gasteiger partial charge in [-0.1, -0.05) is 0 Å². The summed E-state index contributed by atoms with van der Waals surface area (Å²) in [7, 11) is 6.52. The molecule has 2 aliphatic heterocycles. The zero-order valence-corrected chi connectivity index (χ0v) is 22.0. The van der Waals surface area contributed by atoms with Gasteiger partial charge < -0.3 is 25.1 Å². The topological polar surface area (TPSA) is 147 Å². The quantitative estimate of drug-likeness (QED) is 0.422. The summed E-state index contributed by atoms with van der Waals surface area (Å²) in [5.74, 6) is -7.33. The predicted octanol–water partition coefficient (Wildman–Crippen LogP) is 2.98. The monoisotopic (exact) mass is 635 g/mol. The Morgan fingerprint density at radius 3 is 1.60 bits per heavy atom. The highest BCUT2D eigenvalue weighted by Crippen LogP contribution is 2.35. The summed E-state index contributed by atoms with van der Waals surface area (Å²) in [4.78, 5) is 41.9. The van der Waals surface area contributed by atoms with Gasteiger partial charge in [0.1, 0.15) is 0 Å². The number of hydrogen-bond donors (Lipinski definition) is 3. The van der Waals surface area contributed by atoms with Gasteiger partial charge in [-0.2, -0.15) is 39.5 Å². The second-order valence-corrected chi connectivity index (χ2v) is 8.99. The largest absolute Gasteiger partial charge is 0.490 e. The van der Waals surface area contributed by atoms with Crippen molar-refractivity contribution < 1.29 is 73.6 Å². The van der Waals surface area contributed by atoms with Crippen LogP contribution >= 0.6 is 0 Å². The lowest BCUT2D eigenvalue weighted by atomic mass is 9.92. The number of anilines is 1. The molecule has 2 aliphatic rings. The van der Waals surface area contributed by atoms with E-state index in [1.807, 2.05) is 0 Å². The van der Waals surface area contributed by atoms with Crippen LogP contribution in [0.1, 0.15) is 12.8 Å². The van der Waals surface area contributed by atoms with Crippen LogP contribution in [0.5, 0.6) is 0 Å². The second-order valence-electron chi connectivity index (χ2n) is 8.99. The third-order valence-electron chi connectivity index (χ3n) is 5.56. The van der Waals surface area contributed by atoms with Crippen molar-refractivity contribution in [3.8, 4) is 0 Å². The van der Waals surface area contributed by atoms with Crippen molar-refractivity contribution in [2.24, 2.45) is 5.92 Å². The predicted molar refractivity (Wildman–Crippen MR) is 122 cm³/mol. The Morgan fingerprint density at radius 2 is 1.26 bits per heavy atom. The van der Waals surface area contributed by atoms with Crippen molar-refractivity contribution in [1.29, 1.82) is 0 Å². The number of halogens is 10. The van der Waals surface area contributed by atoms with Crippen molar-refractivity contribution >= 4 is 23.9 Å². The van der Waals surface area contributed by atoms with Gasteiger partial charge in [0.25, 0.3) is 0 Å². The van der Waals surface area contributed by atoms with Crippen molar-refractivity contribution in [2.75, 3.05) is 45.7 Å². The SMILES string of the molecule is CN(C)C[C@@H]1C[C@@H]2CN(c3ncc(F)cn3)CC[C@@H]2N1C.O=C(O)C(F)(F)F.O=C(O)C(F)(F)F.O=C(O)C(F)(F)F.